The molecule has 0 aromatic carbocycles. The molecule has 0 unspecified atom stereocenters. The van der Waals surface area contributed by atoms with Crippen molar-refractivity contribution in [1.29, 1.82) is 0 Å². The lowest BCUT2D eigenvalue weighted by atomic mass is 10.3. The number of fused-ring (bicyclic) bond motifs is 1. The third-order valence-electron chi connectivity index (χ3n) is 1.49. The maximum absolute atomic E-state index is 5.82. The van der Waals surface area contributed by atoms with Gasteiger partial charge < -0.3 is 0 Å². The Morgan fingerprint density at radius 1 is 1.25 bits per heavy atom. The van der Waals surface area contributed by atoms with E-state index in [-0.39, 0.29) is 0 Å². The summed E-state index contributed by atoms with van der Waals surface area (Å²) >= 11 is 13.2. The predicted molar refractivity (Wildman–Crippen MR) is 52.2 cm³/mol. The van der Waals surface area contributed by atoms with E-state index in [0.717, 1.165) is 15.0 Å². The van der Waals surface area contributed by atoms with Gasteiger partial charge in [-0.1, -0.05) is 23.2 Å². The maximum Gasteiger partial charge on any atom is 0.169 e. The van der Waals surface area contributed by atoms with Crippen molar-refractivity contribution < 1.29 is 0 Å². The van der Waals surface area contributed by atoms with Gasteiger partial charge in [0.2, 0.25) is 0 Å². The molecule has 2 rings (SSSR count). The second kappa shape index (κ2) is 2.83. The third kappa shape index (κ3) is 1.18. The van der Waals surface area contributed by atoms with Crippen LogP contribution in [-0.2, 0) is 0 Å². The lowest BCUT2D eigenvalue weighted by Crippen LogP contribution is -1.82. The van der Waals surface area contributed by atoms with Gasteiger partial charge in [0.25, 0.3) is 0 Å². The van der Waals surface area contributed by atoms with Crippen molar-refractivity contribution in [3.8, 4) is 0 Å². The normalized spacial score (nSPS) is 10.9. The van der Waals surface area contributed by atoms with Crippen molar-refractivity contribution in [2.75, 3.05) is 0 Å². The molecule has 2 aromatic rings. The van der Waals surface area contributed by atoms with Crippen LogP contribution in [0.1, 0.15) is 4.88 Å². The first-order valence-electron chi connectivity index (χ1n) is 3.26. The first-order chi connectivity index (χ1) is 5.68. The van der Waals surface area contributed by atoms with Crippen molar-refractivity contribution in [2.45, 2.75) is 6.92 Å². The van der Waals surface area contributed by atoms with Crippen molar-refractivity contribution in [3.05, 3.63) is 21.2 Å². The highest BCUT2D eigenvalue weighted by molar-refractivity contribution is 7.19. The summed E-state index contributed by atoms with van der Waals surface area (Å²) in [7, 11) is 0. The summed E-state index contributed by atoms with van der Waals surface area (Å²) in [6.07, 6.45) is 0. The molecule has 0 saturated heterocycles. The van der Waals surface area contributed by atoms with E-state index in [1.54, 1.807) is 11.3 Å². The Labute approximate surface area is 83.1 Å². The van der Waals surface area contributed by atoms with Crippen molar-refractivity contribution >= 4 is 44.6 Å². The molecule has 2 aromatic heterocycles. The Hall–Kier alpha value is -0.380. The molecular formula is C7H4Cl2N2S. The molecule has 0 fully saturated rings. The molecule has 5 heteroatoms. The zero-order valence-corrected chi connectivity index (χ0v) is 8.46. The second-order valence-corrected chi connectivity index (χ2v) is 4.35. The number of aryl methyl sites for hydroxylation is 1. The van der Waals surface area contributed by atoms with Gasteiger partial charge in [0, 0.05) is 10.3 Å². The standard InChI is InChI=1S/C7H4Cl2N2S/c1-3-2-4-5(12-3)7(9)11-10-6(4)8/h2H,1H3. The molecule has 12 heavy (non-hydrogen) atoms. The van der Waals surface area contributed by atoms with Gasteiger partial charge in [-0.05, 0) is 13.0 Å². The smallest absolute Gasteiger partial charge is 0.137 e. The molecular weight excluding hydrogens is 215 g/mol. The number of hydrogen-bond donors (Lipinski definition) is 0. The molecule has 62 valence electrons. The SMILES string of the molecule is Cc1cc2c(Cl)nnc(Cl)c2s1. The molecule has 0 bridgehead atoms. The number of halogens is 2. The summed E-state index contributed by atoms with van der Waals surface area (Å²) in [5, 5.41) is 9.15. The fraction of sp³-hybridized carbons (Fsp3) is 0.143. The monoisotopic (exact) mass is 218 g/mol. The van der Waals surface area contributed by atoms with Crippen molar-refractivity contribution in [1.82, 2.24) is 10.2 Å². The summed E-state index contributed by atoms with van der Waals surface area (Å²) in [5.74, 6) is 0. The minimum absolute atomic E-state index is 0.416. The van der Waals surface area contributed by atoms with Crippen LogP contribution in [0.3, 0.4) is 0 Å². The van der Waals surface area contributed by atoms with Crippen molar-refractivity contribution in [2.24, 2.45) is 0 Å². The Morgan fingerprint density at radius 3 is 2.58 bits per heavy atom. The Bertz CT molecular complexity index is 399. The molecule has 0 atom stereocenters. The van der Waals surface area contributed by atoms with Crippen LogP contribution in [0.15, 0.2) is 6.07 Å². The summed E-state index contributed by atoms with van der Waals surface area (Å²) < 4.78 is 0.911. The number of aromatic nitrogens is 2. The van der Waals surface area contributed by atoms with Crippen LogP contribution in [0.5, 0.6) is 0 Å². The zero-order chi connectivity index (χ0) is 8.72. The van der Waals surface area contributed by atoms with E-state index < -0.39 is 0 Å². The average molecular weight is 219 g/mol. The molecule has 0 spiro atoms. The topological polar surface area (TPSA) is 25.8 Å². The van der Waals surface area contributed by atoms with E-state index in [9.17, 15) is 0 Å². The first kappa shape index (κ1) is 8.23. The van der Waals surface area contributed by atoms with E-state index in [1.807, 2.05) is 13.0 Å². The summed E-state index contributed by atoms with van der Waals surface area (Å²) in [5.41, 5.74) is 0. The zero-order valence-electron chi connectivity index (χ0n) is 6.14. The van der Waals surface area contributed by atoms with Gasteiger partial charge in [-0.2, -0.15) is 0 Å². The molecule has 2 nitrogen and oxygen atoms in total. The van der Waals surface area contributed by atoms with E-state index in [4.69, 9.17) is 23.2 Å². The molecule has 0 radical (unpaired) electrons. The first-order valence-corrected chi connectivity index (χ1v) is 4.83. The van der Waals surface area contributed by atoms with Crippen LogP contribution in [0.25, 0.3) is 10.1 Å². The number of hydrogen-bond acceptors (Lipinski definition) is 3. The molecule has 0 N–H and O–H groups in total. The molecule has 0 saturated carbocycles. The van der Waals surface area contributed by atoms with Crippen molar-refractivity contribution in [3.63, 3.8) is 0 Å². The Morgan fingerprint density at radius 2 is 1.92 bits per heavy atom. The van der Waals surface area contributed by atoms with E-state index in [2.05, 4.69) is 10.2 Å². The van der Waals surface area contributed by atoms with Gasteiger partial charge in [0.05, 0.1) is 4.70 Å². The quantitative estimate of drug-likeness (QED) is 0.679. The van der Waals surface area contributed by atoms with E-state index in [0.29, 0.717) is 10.3 Å². The lowest BCUT2D eigenvalue weighted by molar-refractivity contribution is 1.05. The van der Waals surface area contributed by atoms with Gasteiger partial charge in [-0.3, -0.25) is 0 Å². The molecule has 0 aliphatic heterocycles. The molecule has 0 aliphatic rings. The van der Waals surface area contributed by atoms with Gasteiger partial charge in [-0.25, -0.2) is 0 Å². The van der Waals surface area contributed by atoms with Gasteiger partial charge in [-0.15, -0.1) is 21.5 Å². The molecule has 0 aliphatic carbocycles. The maximum atomic E-state index is 5.82. The Kier molecular flexibility index (Phi) is 1.94. The van der Waals surface area contributed by atoms with Crippen LogP contribution >= 0.6 is 34.5 Å². The largest absolute Gasteiger partial charge is 0.169 e. The minimum Gasteiger partial charge on any atom is -0.137 e. The summed E-state index contributed by atoms with van der Waals surface area (Å²) in [6, 6.07) is 1.96. The third-order valence-corrected chi connectivity index (χ3v) is 3.20. The van der Waals surface area contributed by atoms with Crippen LogP contribution in [0.4, 0.5) is 0 Å². The molecule has 0 amide bonds. The predicted octanol–water partition coefficient (Wildman–Crippen LogP) is 3.31. The summed E-state index contributed by atoms with van der Waals surface area (Å²) in [4.78, 5) is 1.16. The highest BCUT2D eigenvalue weighted by Gasteiger charge is 2.08. The second-order valence-electron chi connectivity index (χ2n) is 2.38. The highest BCUT2D eigenvalue weighted by atomic mass is 35.5. The Balaban J connectivity index is 2.93. The van der Waals surface area contributed by atoms with E-state index >= 15 is 0 Å². The van der Waals surface area contributed by atoms with Crippen LogP contribution in [0.2, 0.25) is 10.3 Å². The van der Waals surface area contributed by atoms with Crippen LogP contribution in [0, 0.1) is 6.92 Å². The fourth-order valence-electron chi connectivity index (χ4n) is 1.01. The number of thiophene rings is 1. The van der Waals surface area contributed by atoms with E-state index in [1.165, 1.54) is 0 Å². The van der Waals surface area contributed by atoms with Gasteiger partial charge >= 0.3 is 0 Å². The average Bonchev–Trinajstić information content (AvgIpc) is 2.41. The van der Waals surface area contributed by atoms with Gasteiger partial charge in [0.1, 0.15) is 0 Å². The molecule has 2 heterocycles. The highest BCUT2D eigenvalue weighted by Crippen LogP contribution is 2.32. The summed E-state index contributed by atoms with van der Waals surface area (Å²) in [6.45, 7) is 2.00. The number of rotatable bonds is 0. The number of nitrogens with zero attached hydrogens (tertiary/aromatic N) is 2. The van der Waals surface area contributed by atoms with Gasteiger partial charge in [0.15, 0.2) is 10.3 Å². The van der Waals surface area contributed by atoms with Crippen LogP contribution < -0.4 is 0 Å². The minimum atomic E-state index is 0.416. The van der Waals surface area contributed by atoms with Crippen LogP contribution in [-0.4, -0.2) is 10.2 Å². The lowest BCUT2D eigenvalue weighted by Gasteiger charge is -1.91. The fourth-order valence-corrected chi connectivity index (χ4v) is 2.40.